The number of hydrogen-bond donors (Lipinski definition) is 4. The fourth-order valence-corrected chi connectivity index (χ4v) is 7.05. The van der Waals surface area contributed by atoms with Crippen molar-refractivity contribution in [2.24, 2.45) is 5.92 Å². The summed E-state index contributed by atoms with van der Waals surface area (Å²) in [4.78, 5) is 27.8. The molecule has 3 aromatic rings. The summed E-state index contributed by atoms with van der Waals surface area (Å²) in [5, 5.41) is 16.8. The molecule has 0 aliphatic carbocycles. The number of carbonyl (C=O) groups is 2. The van der Waals surface area contributed by atoms with E-state index in [-0.39, 0.29) is 41.9 Å². The van der Waals surface area contributed by atoms with Crippen molar-refractivity contribution >= 4 is 27.6 Å². The SMILES string of the molecule is COc1ccc(C2C(CCC(O)c3ccc(F)cc3)C(=O)N2c2ccc(CNC(=O)CCCCCCCCCCCNCCS(=O)(=O)O)cc2)cc1. The molecule has 1 aliphatic rings. The molecule has 1 fully saturated rings. The van der Waals surface area contributed by atoms with Crippen molar-refractivity contribution in [3.8, 4) is 5.75 Å². The number of rotatable bonds is 24. The average Bonchev–Trinajstić information content (AvgIpc) is 3.13. The molecule has 12 heteroatoms. The molecule has 2 amide bonds. The van der Waals surface area contributed by atoms with Crippen molar-refractivity contribution in [2.45, 2.75) is 95.7 Å². The van der Waals surface area contributed by atoms with E-state index < -0.39 is 16.2 Å². The highest BCUT2D eigenvalue weighted by atomic mass is 32.2. The third kappa shape index (κ3) is 13.3. The van der Waals surface area contributed by atoms with E-state index in [1.54, 1.807) is 24.1 Å². The van der Waals surface area contributed by atoms with Crippen LogP contribution in [0, 0.1) is 11.7 Å². The number of methoxy groups -OCH3 is 1. The van der Waals surface area contributed by atoms with E-state index >= 15 is 0 Å². The minimum atomic E-state index is -3.89. The average molecular weight is 740 g/mol. The number of aliphatic hydroxyl groups is 1. The number of benzene rings is 3. The molecule has 3 aromatic carbocycles. The summed E-state index contributed by atoms with van der Waals surface area (Å²) in [6.45, 7) is 1.44. The molecule has 0 saturated carbocycles. The zero-order valence-corrected chi connectivity index (χ0v) is 31.0. The Hall–Kier alpha value is -3.84. The van der Waals surface area contributed by atoms with E-state index in [1.165, 1.54) is 25.0 Å². The zero-order valence-electron chi connectivity index (χ0n) is 30.1. The summed E-state index contributed by atoms with van der Waals surface area (Å²) in [6.07, 6.45) is 10.2. The Kier molecular flexibility index (Phi) is 16.5. The van der Waals surface area contributed by atoms with Gasteiger partial charge in [-0.3, -0.25) is 14.1 Å². The van der Waals surface area contributed by atoms with Gasteiger partial charge in [-0.25, -0.2) is 4.39 Å². The number of anilines is 1. The predicted molar refractivity (Wildman–Crippen MR) is 201 cm³/mol. The van der Waals surface area contributed by atoms with E-state index in [2.05, 4.69) is 10.6 Å². The smallest absolute Gasteiger partial charge is 0.266 e. The van der Waals surface area contributed by atoms with Gasteiger partial charge in [0, 0.05) is 25.2 Å². The molecule has 284 valence electrons. The molecular formula is C40H54FN3O7S. The van der Waals surface area contributed by atoms with Crippen molar-refractivity contribution in [1.82, 2.24) is 10.6 Å². The Balaban J connectivity index is 1.15. The van der Waals surface area contributed by atoms with Gasteiger partial charge in [-0.05, 0) is 85.3 Å². The van der Waals surface area contributed by atoms with Crippen molar-refractivity contribution in [3.63, 3.8) is 0 Å². The van der Waals surface area contributed by atoms with Crippen molar-refractivity contribution < 1.29 is 36.8 Å². The fourth-order valence-electron chi connectivity index (χ4n) is 6.65. The van der Waals surface area contributed by atoms with E-state index in [9.17, 15) is 27.5 Å². The number of unbranched alkanes of at least 4 members (excludes halogenated alkanes) is 8. The van der Waals surface area contributed by atoms with Crippen LogP contribution in [0.25, 0.3) is 0 Å². The van der Waals surface area contributed by atoms with Crippen LogP contribution in [0.2, 0.25) is 0 Å². The van der Waals surface area contributed by atoms with Crippen LogP contribution in [0.5, 0.6) is 5.75 Å². The highest BCUT2D eigenvalue weighted by Crippen LogP contribution is 2.46. The van der Waals surface area contributed by atoms with Gasteiger partial charge in [-0.1, -0.05) is 81.3 Å². The van der Waals surface area contributed by atoms with Crippen LogP contribution in [0.4, 0.5) is 10.1 Å². The van der Waals surface area contributed by atoms with Crippen molar-refractivity contribution in [3.05, 3.63) is 95.3 Å². The molecule has 10 nitrogen and oxygen atoms in total. The number of hydrogen-bond acceptors (Lipinski definition) is 7. The number of amides is 2. The van der Waals surface area contributed by atoms with Crippen LogP contribution in [0.1, 0.15) is 106 Å². The lowest BCUT2D eigenvalue weighted by molar-refractivity contribution is -0.131. The number of aliphatic hydroxyl groups excluding tert-OH is 1. The predicted octanol–water partition coefficient (Wildman–Crippen LogP) is 7.05. The second kappa shape index (κ2) is 21.0. The molecule has 3 unspecified atom stereocenters. The maximum atomic E-state index is 13.5. The second-order valence-electron chi connectivity index (χ2n) is 13.6. The number of carbonyl (C=O) groups excluding carboxylic acids is 2. The van der Waals surface area contributed by atoms with Crippen LogP contribution in [-0.4, -0.2) is 55.8 Å². The molecule has 0 bridgehead atoms. The summed E-state index contributed by atoms with van der Waals surface area (Å²) < 4.78 is 48.8. The summed E-state index contributed by atoms with van der Waals surface area (Å²) in [6, 6.07) is 20.9. The first-order valence-electron chi connectivity index (χ1n) is 18.5. The Labute approximate surface area is 307 Å². The number of ether oxygens (including phenoxy) is 1. The third-order valence-corrected chi connectivity index (χ3v) is 10.4. The minimum Gasteiger partial charge on any atom is -0.497 e. The molecule has 0 radical (unpaired) electrons. The maximum Gasteiger partial charge on any atom is 0.266 e. The maximum absolute atomic E-state index is 13.5. The van der Waals surface area contributed by atoms with Crippen LogP contribution in [-0.2, 0) is 26.3 Å². The van der Waals surface area contributed by atoms with Gasteiger partial charge < -0.3 is 25.4 Å². The lowest BCUT2D eigenvalue weighted by atomic mass is 9.78. The van der Waals surface area contributed by atoms with Gasteiger partial charge in [-0.15, -0.1) is 0 Å². The monoisotopic (exact) mass is 739 g/mol. The van der Waals surface area contributed by atoms with Gasteiger partial charge in [0.2, 0.25) is 11.8 Å². The Morgan fingerprint density at radius 1 is 0.865 bits per heavy atom. The number of nitrogens with zero attached hydrogens (tertiary/aromatic N) is 1. The molecule has 52 heavy (non-hydrogen) atoms. The first kappa shape index (κ1) is 40.9. The van der Waals surface area contributed by atoms with Crippen LogP contribution in [0.15, 0.2) is 72.8 Å². The van der Waals surface area contributed by atoms with Crippen LogP contribution < -0.4 is 20.3 Å². The Morgan fingerprint density at radius 2 is 1.48 bits per heavy atom. The first-order valence-corrected chi connectivity index (χ1v) is 20.1. The molecule has 3 atom stereocenters. The van der Waals surface area contributed by atoms with Crippen molar-refractivity contribution in [1.29, 1.82) is 0 Å². The van der Waals surface area contributed by atoms with E-state index in [0.29, 0.717) is 31.4 Å². The first-order chi connectivity index (χ1) is 25.1. The summed E-state index contributed by atoms with van der Waals surface area (Å²) >= 11 is 0. The Morgan fingerprint density at radius 3 is 2.10 bits per heavy atom. The summed E-state index contributed by atoms with van der Waals surface area (Å²) in [5.74, 6) is -0.207. The quantitative estimate of drug-likeness (QED) is 0.0435. The minimum absolute atomic E-state index is 0.0188. The van der Waals surface area contributed by atoms with E-state index in [1.807, 2.05) is 48.5 Å². The molecular weight excluding hydrogens is 686 g/mol. The summed E-state index contributed by atoms with van der Waals surface area (Å²) in [5.41, 5.74) is 3.30. The van der Waals surface area contributed by atoms with Gasteiger partial charge in [0.15, 0.2) is 0 Å². The topological polar surface area (TPSA) is 145 Å². The molecule has 1 saturated heterocycles. The van der Waals surface area contributed by atoms with Crippen molar-refractivity contribution in [2.75, 3.05) is 30.9 Å². The fraction of sp³-hybridized carbons (Fsp3) is 0.500. The standard InChI is InChI=1S/C40H54FN3O7S/c1-51-35-22-16-32(17-23-35)39-36(24-25-37(45)31-14-18-33(41)19-15-31)40(47)44(39)34-20-12-30(13-21-34)29-43-38(46)11-9-7-5-3-2-4-6-8-10-26-42-27-28-52(48,49)50/h12-23,36-37,39,42,45H,2-11,24-29H2,1H3,(H,43,46)(H,48,49,50). The zero-order chi connectivity index (χ0) is 37.3. The van der Waals surface area contributed by atoms with Gasteiger partial charge >= 0.3 is 0 Å². The largest absolute Gasteiger partial charge is 0.497 e. The van der Waals surface area contributed by atoms with Gasteiger partial charge in [0.05, 0.1) is 30.9 Å². The highest BCUT2D eigenvalue weighted by molar-refractivity contribution is 7.85. The summed E-state index contributed by atoms with van der Waals surface area (Å²) in [7, 11) is -2.28. The van der Waals surface area contributed by atoms with Gasteiger partial charge in [0.1, 0.15) is 11.6 Å². The van der Waals surface area contributed by atoms with E-state index in [0.717, 1.165) is 74.1 Å². The normalized spacial score (nSPS) is 16.4. The van der Waals surface area contributed by atoms with Crippen LogP contribution >= 0.6 is 0 Å². The van der Waals surface area contributed by atoms with Crippen LogP contribution in [0.3, 0.4) is 0 Å². The number of halogens is 1. The molecule has 4 rings (SSSR count). The van der Waals surface area contributed by atoms with Gasteiger partial charge in [0.25, 0.3) is 10.1 Å². The molecule has 4 N–H and O–H groups in total. The molecule has 1 aliphatic heterocycles. The number of nitrogens with one attached hydrogen (secondary N) is 2. The van der Waals surface area contributed by atoms with Gasteiger partial charge in [-0.2, -0.15) is 8.42 Å². The highest BCUT2D eigenvalue weighted by Gasteiger charge is 2.48. The number of β-lactam (4-membered cyclic amide) rings is 1. The second-order valence-corrected chi connectivity index (χ2v) is 15.2. The molecule has 1 heterocycles. The third-order valence-electron chi connectivity index (χ3n) is 9.68. The lowest BCUT2D eigenvalue weighted by Crippen LogP contribution is -2.55. The lowest BCUT2D eigenvalue weighted by Gasteiger charge is -2.48. The van der Waals surface area contributed by atoms with E-state index in [4.69, 9.17) is 9.29 Å². The molecule has 0 spiro atoms. The molecule has 0 aromatic heterocycles. The Bertz CT molecular complexity index is 1640.